The Hall–Kier alpha value is -2.30. The van der Waals surface area contributed by atoms with Crippen molar-refractivity contribution in [2.24, 2.45) is 0 Å². The van der Waals surface area contributed by atoms with Crippen LogP contribution in [-0.4, -0.2) is 18.5 Å². The van der Waals surface area contributed by atoms with Gasteiger partial charge in [0.25, 0.3) is 5.91 Å². The van der Waals surface area contributed by atoms with E-state index in [1.807, 2.05) is 6.92 Å². The highest BCUT2D eigenvalue weighted by Crippen LogP contribution is 2.15. The minimum atomic E-state index is -0.598. The molecule has 0 saturated carbocycles. The summed E-state index contributed by atoms with van der Waals surface area (Å²) in [5, 5.41) is 4.58. The molecule has 0 aliphatic carbocycles. The lowest BCUT2D eigenvalue weighted by atomic mass is 10.3. The van der Waals surface area contributed by atoms with Crippen molar-refractivity contribution in [3.8, 4) is 5.75 Å². The Morgan fingerprint density at radius 2 is 2.00 bits per heavy atom. The molecule has 2 N–H and O–H groups in total. The molecule has 5 heteroatoms. The van der Waals surface area contributed by atoms with Crippen LogP contribution in [0.3, 0.4) is 0 Å². The summed E-state index contributed by atoms with van der Waals surface area (Å²) in [5.74, 6) is 0.175. The van der Waals surface area contributed by atoms with Crippen LogP contribution in [0.25, 0.3) is 0 Å². The van der Waals surface area contributed by atoms with E-state index in [0.717, 1.165) is 11.8 Å². The van der Waals surface area contributed by atoms with Gasteiger partial charge in [-0.2, -0.15) is 0 Å². The fourth-order valence-corrected chi connectivity index (χ4v) is 1.13. The number of urea groups is 1. The number of nitrogens with one attached hydrogen (secondary N) is 2. The topological polar surface area (TPSA) is 67.4 Å². The Morgan fingerprint density at radius 1 is 1.35 bits per heavy atom. The second kappa shape index (κ2) is 6.32. The standard InChI is InChI=1S/C12H14N2O3/c1-3-11(15)14-12(16)13-9-5-7-10(8-6-9)17-4-2/h3,5-8H,1,4H2,2H3,(H2,13,14,15,16). The van der Waals surface area contributed by atoms with E-state index in [-0.39, 0.29) is 0 Å². The van der Waals surface area contributed by atoms with Gasteiger partial charge in [-0.25, -0.2) is 4.79 Å². The Labute approximate surface area is 99.5 Å². The molecule has 3 amide bonds. The van der Waals surface area contributed by atoms with Gasteiger partial charge in [0.2, 0.25) is 0 Å². The number of rotatable bonds is 4. The number of ether oxygens (including phenoxy) is 1. The van der Waals surface area contributed by atoms with E-state index in [2.05, 4.69) is 17.2 Å². The average Bonchev–Trinajstić information content (AvgIpc) is 2.31. The lowest BCUT2D eigenvalue weighted by molar-refractivity contribution is -0.115. The number of carbonyl (C=O) groups is 2. The third-order valence-electron chi connectivity index (χ3n) is 1.85. The zero-order valence-electron chi connectivity index (χ0n) is 9.53. The summed E-state index contributed by atoms with van der Waals surface area (Å²) in [6, 6.07) is 6.23. The Bertz CT molecular complexity index is 412. The monoisotopic (exact) mass is 234 g/mol. The van der Waals surface area contributed by atoms with E-state index in [9.17, 15) is 9.59 Å². The van der Waals surface area contributed by atoms with Gasteiger partial charge in [-0.3, -0.25) is 10.1 Å². The fraction of sp³-hybridized carbons (Fsp3) is 0.167. The maximum Gasteiger partial charge on any atom is 0.326 e. The van der Waals surface area contributed by atoms with Crippen LogP contribution < -0.4 is 15.4 Å². The van der Waals surface area contributed by atoms with E-state index in [1.54, 1.807) is 24.3 Å². The van der Waals surface area contributed by atoms with Gasteiger partial charge in [-0.1, -0.05) is 6.58 Å². The van der Waals surface area contributed by atoms with Crippen LogP contribution >= 0.6 is 0 Å². The van der Waals surface area contributed by atoms with E-state index in [4.69, 9.17) is 4.74 Å². The number of carbonyl (C=O) groups excluding carboxylic acids is 2. The summed E-state index contributed by atoms with van der Waals surface area (Å²) in [6.45, 7) is 5.72. The van der Waals surface area contributed by atoms with Crippen LogP contribution in [0.1, 0.15) is 6.92 Å². The van der Waals surface area contributed by atoms with Crippen molar-refractivity contribution >= 4 is 17.6 Å². The molecule has 0 atom stereocenters. The third-order valence-corrected chi connectivity index (χ3v) is 1.85. The first-order chi connectivity index (χ1) is 8.15. The molecular formula is C12H14N2O3. The minimum Gasteiger partial charge on any atom is -0.494 e. The summed E-state index contributed by atoms with van der Waals surface area (Å²) in [7, 11) is 0. The third kappa shape index (κ3) is 4.38. The Balaban J connectivity index is 2.54. The van der Waals surface area contributed by atoms with Gasteiger partial charge in [0, 0.05) is 5.69 Å². The van der Waals surface area contributed by atoms with Crippen molar-refractivity contribution in [3.05, 3.63) is 36.9 Å². The molecule has 0 aliphatic heterocycles. The predicted molar refractivity (Wildman–Crippen MR) is 65.0 cm³/mol. The molecule has 0 heterocycles. The molecule has 1 aromatic carbocycles. The fourth-order valence-electron chi connectivity index (χ4n) is 1.13. The van der Waals surface area contributed by atoms with Gasteiger partial charge in [-0.05, 0) is 37.3 Å². The highest BCUT2D eigenvalue weighted by Gasteiger charge is 2.04. The van der Waals surface area contributed by atoms with Crippen molar-refractivity contribution in [1.29, 1.82) is 0 Å². The smallest absolute Gasteiger partial charge is 0.326 e. The van der Waals surface area contributed by atoms with E-state index in [0.29, 0.717) is 12.3 Å². The highest BCUT2D eigenvalue weighted by atomic mass is 16.5. The maximum atomic E-state index is 11.3. The van der Waals surface area contributed by atoms with Gasteiger partial charge < -0.3 is 10.1 Å². The number of hydrogen-bond acceptors (Lipinski definition) is 3. The van der Waals surface area contributed by atoms with Crippen molar-refractivity contribution in [1.82, 2.24) is 5.32 Å². The minimum absolute atomic E-state index is 0.548. The van der Waals surface area contributed by atoms with Gasteiger partial charge in [0.05, 0.1) is 6.61 Å². The van der Waals surface area contributed by atoms with Gasteiger partial charge >= 0.3 is 6.03 Å². The number of hydrogen-bond donors (Lipinski definition) is 2. The van der Waals surface area contributed by atoms with Crippen LogP contribution in [0.4, 0.5) is 10.5 Å². The second-order valence-corrected chi connectivity index (χ2v) is 3.10. The summed E-state index contributed by atoms with van der Waals surface area (Å²) < 4.78 is 5.25. The van der Waals surface area contributed by atoms with Crippen LogP contribution in [0.15, 0.2) is 36.9 Å². The molecule has 0 fully saturated rings. The number of benzene rings is 1. The molecule has 0 unspecified atom stereocenters. The normalized spacial score (nSPS) is 9.24. The second-order valence-electron chi connectivity index (χ2n) is 3.10. The maximum absolute atomic E-state index is 11.3. The lowest BCUT2D eigenvalue weighted by Gasteiger charge is -2.06. The molecule has 0 radical (unpaired) electrons. The number of amides is 3. The lowest BCUT2D eigenvalue weighted by Crippen LogP contribution is -2.32. The molecule has 90 valence electrons. The van der Waals surface area contributed by atoms with Crippen molar-refractivity contribution < 1.29 is 14.3 Å². The summed E-state index contributed by atoms with van der Waals surface area (Å²) in [5.41, 5.74) is 0.572. The number of imide groups is 1. The molecule has 1 aromatic rings. The van der Waals surface area contributed by atoms with Crippen LogP contribution in [0.2, 0.25) is 0 Å². The van der Waals surface area contributed by atoms with Crippen molar-refractivity contribution in [2.75, 3.05) is 11.9 Å². The van der Waals surface area contributed by atoms with Gasteiger partial charge in [-0.15, -0.1) is 0 Å². The van der Waals surface area contributed by atoms with Gasteiger partial charge in [0.15, 0.2) is 0 Å². The number of anilines is 1. The Morgan fingerprint density at radius 3 is 2.53 bits per heavy atom. The Kier molecular flexibility index (Phi) is 4.75. The highest BCUT2D eigenvalue weighted by molar-refractivity contribution is 6.04. The van der Waals surface area contributed by atoms with Crippen LogP contribution in [0.5, 0.6) is 5.75 Å². The molecule has 0 saturated heterocycles. The summed E-state index contributed by atoms with van der Waals surface area (Å²) in [4.78, 5) is 22.1. The van der Waals surface area contributed by atoms with E-state index in [1.165, 1.54) is 0 Å². The first-order valence-electron chi connectivity index (χ1n) is 5.13. The van der Waals surface area contributed by atoms with Gasteiger partial charge in [0.1, 0.15) is 5.75 Å². The first-order valence-corrected chi connectivity index (χ1v) is 5.13. The zero-order chi connectivity index (χ0) is 12.7. The SMILES string of the molecule is C=CC(=O)NC(=O)Nc1ccc(OCC)cc1. The average molecular weight is 234 g/mol. The predicted octanol–water partition coefficient (Wildman–Crippen LogP) is 1.92. The molecule has 0 spiro atoms. The molecule has 1 rings (SSSR count). The van der Waals surface area contributed by atoms with Crippen LogP contribution in [0, 0.1) is 0 Å². The molecular weight excluding hydrogens is 220 g/mol. The summed E-state index contributed by atoms with van der Waals surface area (Å²) in [6.07, 6.45) is 1.03. The molecule has 0 bridgehead atoms. The van der Waals surface area contributed by atoms with E-state index >= 15 is 0 Å². The van der Waals surface area contributed by atoms with Crippen LogP contribution in [-0.2, 0) is 4.79 Å². The molecule has 5 nitrogen and oxygen atoms in total. The van der Waals surface area contributed by atoms with Crippen molar-refractivity contribution in [2.45, 2.75) is 6.92 Å². The molecule has 0 aromatic heterocycles. The summed E-state index contributed by atoms with van der Waals surface area (Å²) >= 11 is 0. The van der Waals surface area contributed by atoms with E-state index < -0.39 is 11.9 Å². The molecule has 0 aliphatic rings. The largest absolute Gasteiger partial charge is 0.494 e. The zero-order valence-corrected chi connectivity index (χ0v) is 9.53. The molecule has 17 heavy (non-hydrogen) atoms. The quantitative estimate of drug-likeness (QED) is 0.782. The first kappa shape index (κ1) is 12.8. The van der Waals surface area contributed by atoms with Crippen molar-refractivity contribution in [3.63, 3.8) is 0 Å².